The number of para-hydroxylation sites is 2. The maximum Gasteiger partial charge on any atom is 0.325 e. The number of rotatable bonds is 30. The van der Waals surface area contributed by atoms with Crippen LogP contribution in [0.25, 0.3) is 66.5 Å². The van der Waals surface area contributed by atoms with Crippen LogP contribution in [0.3, 0.4) is 0 Å². The molecule has 4 aromatic carbocycles. The molecule has 6 fully saturated rings. The van der Waals surface area contributed by atoms with Gasteiger partial charge in [0.15, 0.2) is 52.6 Å². The van der Waals surface area contributed by atoms with Gasteiger partial charge in [-0.2, -0.15) is 0 Å². The average molecular weight is 2130 g/mol. The summed E-state index contributed by atoms with van der Waals surface area (Å²) in [6.07, 6.45) is -3.63. The number of nitrogens with zero attached hydrogens (tertiary/aromatic N) is 14. The van der Waals surface area contributed by atoms with Gasteiger partial charge in [0.05, 0.1) is 142 Å². The van der Waals surface area contributed by atoms with Crippen LogP contribution in [0.1, 0.15) is 78.9 Å². The molecule has 11 N–H and O–H groups in total. The number of imidazole rings is 6. The number of aryl methyl sites for hydroxylation is 4. The number of halogens is 2. The second-order valence-electron chi connectivity index (χ2n) is 34.8. The largest absolute Gasteiger partial charge is 0.386 e. The topological polar surface area (TPSA) is 649 Å². The Morgan fingerprint density at radius 2 is 0.622 bits per heavy atom. The van der Waals surface area contributed by atoms with Gasteiger partial charge < -0.3 is 143 Å². The highest BCUT2D eigenvalue weighted by Crippen LogP contribution is 2.52. The Labute approximate surface area is 814 Å². The maximum atomic E-state index is 14.0. The van der Waals surface area contributed by atoms with E-state index in [1.54, 1.807) is 53.4 Å². The van der Waals surface area contributed by atoms with E-state index in [0.717, 1.165) is 72.1 Å². The van der Waals surface area contributed by atoms with Crippen LogP contribution in [0, 0.1) is 39.3 Å². The number of methoxy groups -OCH3 is 6. The van der Waals surface area contributed by atoms with E-state index in [-0.39, 0.29) is 72.5 Å². The molecule has 0 spiro atoms. The van der Waals surface area contributed by atoms with Gasteiger partial charge in [0.1, 0.15) is 103 Å². The van der Waals surface area contributed by atoms with E-state index in [1.165, 1.54) is 101 Å². The standard InChI is InChI=1S/C15H20FN2O6P.C15H20FN2O5P.C15H21N2O6P.C15H21N2O5P.C12H17N4O7P.C12H17N4O6P/c1-8-4-9(16)12-10(5-8)18(7-17-12)15-13(19)14(24-25(3,20)21)11(23-15)6-22-2;1-9-4-10(16)15-11(5-9)18(8-17-15)14-6-12(23-24(3,19)20)13(22-14)7-21-2;1-9-5-4-6-10-12(9)16-8-17(10)15-13(18)14(23-24(3,19)20)11(22-15)7-21-2;1-10-5-4-6-11-15(10)16-9-17(11)14-7-12(22-23(3,18)19)13(21-14)8-20-2;1-21-3-6-9(23-24(2,19)20)8(17)12(22-6)16-5-15-7-10(16)13-4-14-11(7)18;1-20-4-8-7(22-23(2,18)19)3-9(21-8)16-6-15-10-11(16)13-5-14-12(10)17/h4-5,7,11,13-15,19H,6H2,1-3H3,(H,20,21);4-5,8,12-14H,6-7H2,1-3H3,(H,19,20);4-6,8,11,13-15,18H,7H2,1-3H3,(H,19,20);4-6,9,12-14H,7-8H2,1-3H3,(H,18,19);4-6,8-9,12,17H,3H2,1-2H3,(H,19,20)(H,13,14,18);5-9H,3-4H2,1-2H3,(H,18,19)(H,13,14,17)/t11-,13+,14?,15-;12?,13-,14-;11-,13+,14?,15-;12?,13-,14-;6-,8+,9?,12-;7?,8-,9-/m111111/s1. The molecule has 12 unspecified atom stereocenters. The van der Waals surface area contributed by atoms with Crippen LogP contribution in [0.15, 0.2) is 121 Å². The van der Waals surface area contributed by atoms with E-state index in [0.29, 0.717) is 48.1 Å². The van der Waals surface area contributed by atoms with Crippen molar-refractivity contribution in [3.8, 4) is 0 Å². The molecule has 0 radical (unpaired) electrons. The third-order valence-corrected chi connectivity index (χ3v) is 26.9. The fraction of sp³-hybridized carbons (Fsp3) is 0.548. The Bertz CT molecular complexity index is 6810. The van der Waals surface area contributed by atoms with Gasteiger partial charge in [-0.1, -0.05) is 24.3 Å². The molecule has 14 heterocycles. The summed E-state index contributed by atoms with van der Waals surface area (Å²) < 4.78 is 204. The zero-order valence-electron chi connectivity index (χ0n) is 80.2. The van der Waals surface area contributed by atoms with E-state index < -0.39 is 185 Å². The summed E-state index contributed by atoms with van der Waals surface area (Å²) in [5.74, 6) is -0.868. The van der Waals surface area contributed by atoms with Crippen molar-refractivity contribution in [2.75, 3.05) is 122 Å². The van der Waals surface area contributed by atoms with Gasteiger partial charge in [-0.15, -0.1) is 0 Å². The van der Waals surface area contributed by atoms with Crippen molar-refractivity contribution < 1.29 is 165 Å². The van der Waals surface area contributed by atoms with E-state index in [1.807, 2.05) is 60.9 Å². The molecule has 143 heavy (non-hydrogen) atoms. The van der Waals surface area contributed by atoms with Crippen LogP contribution < -0.4 is 11.1 Å². The highest BCUT2D eigenvalue weighted by atomic mass is 31.2. The lowest BCUT2D eigenvalue weighted by molar-refractivity contribution is -0.0571. The van der Waals surface area contributed by atoms with E-state index >= 15 is 0 Å². The Morgan fingerprint density at radius 1 is 0.350 bits per heavy atom. The van der Waals surface area contributed by atoms with Crippen molar-refractivity contribution in [3.05, 3.63) is 166 Å². The third kappa shape index (κ3) is 27.6. The smallest absolute Gasteiger partial charge is 0.325 e. The van der Waals surface area contributed by atoms with Gasteiger partial charge in [0.25, 0.3) is 11.1 Å². The number of ether oxygens (including phenoxy) is 12. The monoisotopic (exact) mass is 2130 g/mol. The lowest BCUT2D eigenvalue weighted by Crippen LogP contribution is -2.35. The van der Waals surface area contributed by atoms with Gasteiger partial charge >= 0.3 is 45.6 Å². The summed E-state index contributed by atoms with van der Waals surface area (Å²) in [5.41, 5.74) is 8.64. The van der Waals surface area contributed by atoms with E-state index in [9.17, 15) is 90.4 Å². The molecule has 18 rings (SSSR count). The second kappa shape index (κ2) is 47.0. The zero-order chi connectivity index (χ0) is 104. The molecule has 51 nitrogen and oxygen atoms in total. The van der Waals surface area contributed by atoms with Crippen LogP contribution in [0.5, 0.6) is 0 Å². The maximum absolute atomic E-state index is 14.0. The van der Waals surface area contributed by atoms with Gasteiger partial charge in [-0.25, -0.2) is 48.7 Å². The van der Waals surface area contributed by atoms with E-state index in [2.05, 4.69) is 49.8 Å². The Hall–Kier alpha value is -8.38. The number of aliphatic hydroxyl groups is 3. The summed E-state index contributed by atoms with van der Waals surface area (Å²) in [7, 11) is -13.5. The first-order valence-electron chi connectivity index (χ1n) is 44.1. The van der Waals surface area contributed by atoms with Crippen LogP contribution in [0.4, 0.5) is 8.78 Å². The SMILES string of the molecule is COC[C@H]1O[C@@H](n2cnc3c(=O)[nH]cnc32)CC1OP(C)(=O)O.COC[C@H]1O[C@@H](n2cnc3c(=O)[nH]cnc32)[C@@H](O)C1OP(C)(=O)O.COC[C@H]1O[C@@H](n2cnc3c(C)cccc32)CC1OP(C)(=O)O.COC[C@H]1O[C@@H](n2cnc3c(C)cccc32)[C@@H](O)C1OP(C)(=O)O.COC[C@H]1O[C@@H](n2cnc3c(F)cc(C)cc32)CC1OP(C)(=O)O.COC[C@H]1O[C@@H](n2cnc3c(F)cc(C)cc32)[C@@H](O)C1OP(C)(=O)O. The minimum Gasteiger partial charge on any atom is -0.386 e. The van der Waals surface area contributed by atoms with Crippen LogP contribution in [-0.4, -0.2) is 336 Å². The molecule has 0 aliphatic carbocycles. The van der Waals surface area contributed by atoms with Crippen LogP contribution >= 0.6 is 45.6 Å². The molecule has 0 bridgehead atoms. The van der Waals surface area contributed by atoms with Gasteiger partial charge in [-0.05, 0) is 86.3 Å². The molecule has 27 atom stereocenters. The Morgan fingerprint density at radius 3 is 0.972 bits per heavy atom. The first-order valence-corrected chi connectivity index (χ1v) is 56.3. The predicted molar refractivity (Wildman–Crippen MR) is 504 cm³/mol. The molecule has 59 heteroatoms. The lowest BCUT2D eigenvalue weighted by Gasteiger charge is -2.21. The summed E-state index contributed by atoms with van der Waals surface area (Å²) in [5, 5.41) is 31.7. The van der Waals surface area contributed by atoms with Crippen LogP contribution in [0.2, 0.25) is 0 Å². The van der Waals surface area contributed by atoms with Gasteiger partial charge in [-0.3, -0.25) is 59.7 Å². The molecular formula is C84H116F2N16O35P6. The molecule has 0 amide bonds. The number of fused-ring (bicyclic) bond motifs is 6. The van der Waals surface area contributed by atoms with Crippen molar-refractivity contribution >= 4 is 112 Å². The molecule has 0 saturated carbocycles. The molecular weight excluding hydrogens is 2020 g/mol. The van der Waals surface area contributed by atoms with Crippen molar-refractivity contribution in [2.45, 2.75) is 176 Å². The van der Waals surface area contributed by atoms with Crippen molar-refractivity contribution in [2.24, 2.45) is 0 Å². The van der Waals surface area contributed by atoms with Crippen molar-refractivity contribution in [1.29, 1.82) is 0 Å². The number of nitrogens with one attached hydrogen (secondary N) is 2. The predicted octanol–water partition coefficient (Wildman–Crippen LogP) is 7.61. The minimum atomic E-state index is -3.86. The molecule has 12 aromatic rings. The summed E-state index contributed by atoms with van der Waals surface area (Å²) in [6.45, 7) is 15.0. The summed E-state index contributed by atoms with van der Waals surface area (Å²) in [4.78, 5) is 118. The minimum absolute atomic E-state index is 0.0405. The number of benzene rings is 4. The fourth-order valence-electron chi connectivity index (χ4n) is 17.3. The average Bonchev–Trinajstić information content (AvgIpc) is 1.62. The normalized spacial score (nSPS) is 28.4. The molecule has 6 aliphatic heterocycles. The highest BCUT2D eigenvalue weighted by Gasteiger charge is 2.52. The van der Waals surface area contributed by atoms with Gasteiger partial charge in [0.2, 0.25) is 0 Å². The zero-order valence-corrected chi connectivity index (χ0v) is 85.6. The first-order chi connectivity index (χ1) is 67.4. The summed E-state index contributed by atoms with van der Waals surface area (Å²) >= 11 is 0. The fourth-order valence-corrected chi connectivity index (χ4v) is 21.6. The van der Waals surface area contributed by atoms with Gasteiger partial charge in [0, 0.05) is 102 Å². The Balaban J connectivity index is 0.000000144. The number of aromatic amines is 2. The quantitative estimate of drug-likeness (QED) is 0.0193. The number of aromatic nitrogens is 16. The molecule has 6 saturated heterocycles. The third-order valence-electron chi connectivity index (χ3n) is 23.0. The molecule has 786 valence electrons. The highest BCUT2D eigenvalue weighted by molar-refractivity contribution is 7.53. The van der Waals surface area contributed by atoms with Crippen molar-refractivity contribution in [3.63, 3.8) is 0 Å². The van der Waals surface area contributed by atoms with Crippen molar-refractivity contribution in [1.82, 2.24) is 77.2 Å². The number of hydrogen-bond acceptors (Lipinski definition) is 37. The molecule has 6 aliphatic rings. The summed E-state index contributed by atoms with van der Waals surface area (Å²) in [6, 6.07) is 18.0. The van der Waals surface area contributed by atoms with E-state index in [4.69, 9.17) is 84.0 Å². The number of aliphatic hydroxyl groups excluding tert-OH is 3. The first kappa shape index (κ1) is 112. The van der Waals surface area contributed by atoms with Crippen LogP contribution in [-0.2, 0) is 111 Å². The number of hydrogen-bond donors (Lipinski definition) is 11. The Kier molecular flexibility index (Phi) is 36.7. The second-order valence-corrected chi connectivity index (χ2v) is 45.7. The lowest BCUT2D eigenvalue weighted by atomic mass is 10.1. The molecule has 8 aromatic heterocycles. The number of H-pyrrole nitrogens is 2.